The number of nitriles is 1. The lowest BCUT2D eigenvalue weighted by Gasteiger charge is -2.08. The molecule has 4 nitrogen and oxygen atoms in total. The number of hydrogen-bond donors (Lipinski definition) is 1. The van der Waals surface area contributed by atoms with Crippen molar-refractivity contribution in [2.24, 2.45) is 0 Å². The molecule has 0 atom stereocenters. The lowest BCUT2D eigenvalue weighted by molar-refractivity contribution is 0.601. The highest BCUT2D eigenvalue weighted by Gasteiger charge is 2.14. The van der Waals surface area contributed by atoms with Gasteiger partial charge in [0.15, 0.2) is 0 Å². The van der Waals surface area contributed by atoms with Crippen molar-refractivity contribution >= 4 is 15.7 Å². The van der Waals surface area contributed by atoms with Crippen LogP contribution in [0.3, 0.4) is 0 Å². The molecular formula is C14H11FN2O2S. The highest BCUT2D eigenvalue weighted by Crippen LogP contribution is 2.19. The first kappa shape index (κ1) is 14.0. The number of benzene rings is 2. The van der Waals surface area contributed by atoms with Crippen LogP contribution >= 0.6 is 0 Å². The van der Waals surface area contributed by atoms with E-state index in [1.54, 1.807) is 18.2 Å². The molecule has 6 heteroatoms. The molecule has 0 amide bonds. The van der Waals surface area contributed by atoms with Gasteiger partial charge in [-0.1, -0.05) is 17.7 Å². The van der Waals surface area contributed by atoms with Crippen LogP contribution in [0.1, 0.15) is 11.1 Å². The van der Waals surface area contributed by atoms with Gasteiger partial charge >= 0.3 is 0 Å². The molecule has 2 rings (SSSR count). The number of rotatable bonds is 3. The first-order valence-electron chi connectivity index (χ1n) is 5.71. The van der Waals surface area contributed by atoms with Crippen LogP contribution in [0.4, 0.5) is 10.1 Å². The monoisotopic (exact) mass is 290 g/mol. The number of hydrogen-bond acceptors (Lipinski definition) is 3. The Kier molecular flexibility index (Phi) is 3.72. The van der Waals surface area contributed by atoms with Gasteiger partial charge in [0.05, 0.1) is 22.2 Å². The first-order chi connectivity index (χ1) is 9.40. The second-order valence-corrected chi connectivity index (χ2v) is 5.94. The molecule has 0 spiro atoms. The fraction of sp³-hybridized carbons (Fsp3) is 0.0714. The van der Waals surface area contributed by atoms with Crippen molar-refractivity contribution in [3.05, 3.63) is 59.4 Å². The van der Waals surface area contributed by atoms with Crippen molar-refractivity contribution < 1.29 is 12.8 Å². The zero-order chi connectivity index (χ0) is 14.8. The Bertz CT molecular complexity index is 778. The normalized spacial score (nSPS) is 10.8. The van der Waals surface area contributed by atoms with Crippen LogP contribution < -0.4 is 4.72 Å². The minimum absolute atomic E-state index is 0.0159. The Hall–Kier alpha value is -2.39. The molecule has 0 heterocycles. The number of halogens is 1. The molecule has 1 N–H and O–H groups in total. The largest absolute Gasteiger partial charge is 0.279 e. The predicted molar refractivity (Wildman–Crippen MR) is 73.1 cm³/mol. The molecule has 20 heavy (non-hydrogen) atoms. The number of sulfonamides is 1. The fourth-order valence-corrected chi connectivity index (χ4v) is 2.69. The molecule has 0 aliphatic rings. The summed E-state index contributed by atoms with van der Waals surface area (Å²) in [6.45, 7) is 1.84. The molecule has 0 aromatic heterocycles. The molecule has 0 aliphatic heterocycles. The molecule has 0 unspecified atom stereocenters. The third-order valence-corrected chi connectivity index (χ3v) is 4.01. The van der Waals surface area contributed by atoms with Crippen molar-refractivity contribution in [2.45, 2.75) is 11.8 Å². The maximum absolute atomic E-state index is 13.3. The lowest BCUT2D eigenvalue weighted by Crippen LogP contribution is -2.13. The van der Waals surface area contributed by atoms with Crippen LogP contribution in [0.5, 0.6) is 0 Å². The van der Waals surface area contributed by atoms with E-state index < -0.39 is 15.8 Å². The summed E-state index contributed by atoms with van der Waals surface area (Å²) in [5.41, 5.74) is 0.996. The van der Waals surface area contributed by atoms with Gasteiger partial charge in [0.2, 0.25) is 0 Å². The van der Waals surface area contributed by atoms with Crippen LogP contribution in [0.25, 0.3) is 0 Å². The Morgan fingerprint density at radius 1 is 1.15 bits per heavy atom. The maximum Gasteiger partial charge on any atom is 0.261 e. The van der Waals surface area contributed by atoms with Gasteiger partial charge in [-0.05, 0) is 37.3 Å². The summed E-state index contributed by atoms with van der Waals surface area (Å²) in [7, 11) is -3.80. The summed E-state index contributed by atoms with van der Waals surface area (Å²) in [4.78, 5) is 0.0749. The van der Waals surface area contributed by atoms with Gasteiger partial charge < -0.3 is 0 Å². The average Bonchev–Trinajstić information content (AvgIpc) is 2.37. The topological polar surface area (TPSA) is 70.0 Å². The summed E-state index contributed by atoms with van der Waals surface area (Å²) in [6.07, 6.45) is 0. The zero-order valence-corrected chi connectivity index (χ0v) is 11.4. The summed E-state index contributed by atoms with van der Waals surface area (Å²) in [6, 6.07) is 11.3. The standard InChI is InChI=1S/C14H11FN2O2S/c1-10-2-4-14(5-3-10)20(18,19)17-13-7-11(9-16)6-12(15)8-13/h2-8,17H,1H3. The van der Waals surface area contributed by atoms with Gasteiger partial charge in [-0.25, -0.2) is 12.8 Å². The molecule has 2 aromatic rings. The van der Waals surface area contributed by atoms with Gasteiger partial charge in [-0.15, -0.1) is 0 Å². The van der Waals surface area contributed by atoms with E-state index in [1.807, 2.05) is 6.92 Å². The van der Waals surface area contributed by atoms with E-state index >= 15 is 0 Å². The second kappa shape index (κ2) is 5.31. The molecular weight excluding hydrogens is 279 g/mol. The van der Waals surface area contributed by atoms with Gasteiger partial charge in [-0.3, -0.25) is 4.72 Å². The highest BCUT2D eigenvalue weighted by molar-refractivity contribution is 7.92. The zero-order valence-electron chi connectivity index (χ0n) is 10.6. The molecule has 0 saturated heterocycles. The minimum atomic E-state index is -3.80. The van der Waals surface area contributed by atoms with E-state index in [2.05, 4.69) is 4.72 Å². The molecule has 2 aromatic carbocycles. The van der Waals surface area contributed by atoms with Crippen molar-refractivity contribution in [2.75, 3.05) is 4.72 Å². The Morgan fingerprint density at radius 3 is 2.40 bits per heavy atom. The quantitative estimate of drug-likeness (QED) is 0.945. The van der Waals surface area contributed by atoms with E-state index in [9.17, 15) is 12.8 Å². The van der Waals surface area contributed by atoms with E-state index in [-0.39, 0.29) is 16.1 Å². The third-order valence-electron chi connectivity index (χ3n) is 2.61. The predicted octanol–water partition coefficient (Wildman–Crippen LogP) is 2.81. The van der Waals surface area contributed by atoms with Gasteiger partial charge in [0.25, 0.3) is 10.0 Å². The molecule has 0 saturated carbocycles. The first-order valence-corrected chi connectivity index (χ1v) is 7.19. The van der Waals surface area contributed by atoms with E-state index in [0.717, 1.165) is 17.7 Å². The highest BCUT2D eigenvalue weighted by atomic mass is 32.2. The van der Waals surface area contributed by atoms with Gasteiger partial charge in [0.1, 0.15) is 5.82 Å². The number of anilines is 1. The molecule has 0 bridgehead atoms. The second-order valence-electron chi connectivity index (χ2n) is 4.26. The van der Waals surface area contributed by atoms with Crippen LogP contribution in [-0.4, -0.2) is 8.42 Å². The molecule has 102 valence electrons. The van der Waals surface area contributed by atoms with Crippen molar-refractivity contribution in [3.63, 3.8) is 0 Å². The SMILES string of the molecule is Cc1ccc(S(=O)(=O)Nc2cc(F)cc(C#N)c2)cc1. The molecule has 0 aliphatic carbocycles. The van der Waals surface area contributed by atoms with Gasteiger partial charge in [-0.2, -0.15) is 5.26 Å². The number of nitrogens with one attached hydrogen (secondary N) is 1. The summed E-state index contributed by atoms with van der Waals surface area (Å²) in [5.74, 6) is -0.675. The smallest absolute Gasteiger partial charge is 0.261 e. The summed E-state index contributed by atoms with van der Waals surface area (Å²) >= 11 is 0. The fourth-order valence-electron chi connectivity index (χ4n) is 1.64. The number of nitrogens with zero attached hydrogens (tertiary/aromatic N) is 1. The molecule has 0 fully saturated rings. The summed E-state index contributed by atoms with van der Waals surface area (Å²) < 4.78 is 39.7. The van der Waals surface area contributed by atoms with E-state index in [1.165, 1.54) is 18.2 Å². The lowest BCUT2D eigenvalue weighted by atomic mass is 10.2. The minimum Gasteiger partial charge on any atom is -0.279 e. The third kappa shape index (κ3) is 3.13. The average molecular weight is 290 g/mol. The Labute approximate surface area is 116 Å². The Balaban J connectivity index is 2.36. The van der Waals surface area contributed by atoms with Crippen molar-refractivity contribution in [1.82, 2.24) is 0 Å². The van der Waals surface area contributed by atoms with E-state index in [0.29, 0.717) is 0 Å². The van der Waals surface area contributed by atoms with Gasteiger partial charge in [0, 0.05) is 0 Å². The summed E-state index contributed by atoms with van der Waals surface area (Å²) in [5, 5.41) is 8.74. The van der Waals surface area contributed by atoms with Crippen LogP contribution in [0.15, 0.2) is 47.4 Å². The van der Waals surface area contributed by atoms with E-state index in [4.69, 9.17) is 5.26 Å². The maximum atomic E-state index is 13.3. The van der Waals surface area contributed by atoms with Crippen molar-refractivity contribution in [1.29, 1.82) is 5.26 Å². The van der Waals surface area contributed by atoms with Crippen LogP contribution in [0, 0.1) is 24.1 Å². The van der Waals surface area contributed by atoms with Crippen LogP contribution in [0.2, 0.25) is 0 Å². The molecule has 0 radical (unpaired) electrons. The van der Waals surface area contributed by atoms with Crippen LogP contribution in [-0.2, 0) is 10.0 Å². The van der Waals surface area contributed by atoms with Crippen molar-refractivity contribution in [3.8, 4) is 6.07 Å². The Morgan fingerprint density at radius 2 is 1.80 bits per heavy atom. The number of aryl methyl sites for hydroxylation is 1.